The van der Waals surface area contributed by atoms with Crippen LogP contribution in [0.1, 0.15) is 0 Å². The van der Waals surface area contributed by atoms with E-state index in [1.807, 2.05) is 0 Å². The van der Waals surface area contributed by atoms with E-state index in [-0.39, 0.29) is 13.2 Å². The van der Waals surface area contributed by atoms with E-state index < -0.39 is 23.9 Å². The fourth-order valence-corrected chi connectivity index (χ4v) is 1.16. The quantitative estimate of drug-likeness (QED) is 0.549. The van der Waals surface area contributed by atoms with Crippen LogP contribution in [0.15, 0.2) is 0 Å². The third-order valence-corrected chi connectivity index (χ3v) is 1.80. The van der Waals surface area contributed by atoms with E-state index in [1.54, 1.807) is 0 Å². The normalized spacial score (nSPS) is 18.2. The van der Waals surface area contributed by atoms with Gasteiger partial charge < -0.3 is 15.2 Å². The summed E-state index contributed by atoms with van der Waals surface area (Å²) in [6.07, 6.45) is 0. The zero-order valence-electron chi connectivity index (χ0n) is 7.52. The Morgan fingerprint density at radius 2 is 2.36 bits per heavy atom. The number of nitrogens with zero attached hydrogens (tertiary/aromatic N) is 1. The van der Waals surface area contributed by atoms with Gasteiger partial charge in [-0.05, 0) is 0 Å². The molecule has 14 heavy (non-hydrogen) atoms. The number of carboxylic acids is 1. The molecule has 0 bridgehead atoms. The highest BCUT2D eigenvalue weighted by Gasteiger charge is 2.38. The Morgan fingerprint density at radius 3 is 2.71 bits per heavy atom. The van der Waals surface area contributed by atoms with Crippen LogP contribution in [0, 0.1) is 0 Å². The van der Waals surface area contributed by atoms with Crippen LogP contribution in [0.5, 0.6) is 0 Å². The van der Waals surface area contributed by atoms with E-state index >= 15 is 0 Å². The fraction of sp³-hybridized carbons (Fsp3) is 0.571. The number of carbonyl (C=O) groups excluding carboxylic acids is 2. The van der Waals surface area contributed by atoms with Gasteiger partial charge in [-0.2, -0.15) is 0 Å². The van der Waals surface area contributed by atoms with E-state index in [0.717, 1.165) is 0 Å². The largest absolute Gasteiger partial charge is 0.480 e. The SMILES string of the molecule is COCC(C(=O)O)N1C(=O)CNC1=O. The first-order chi connectivity index (χ1) is 6.57. The van der Waals surface area contributed by atoms with Crippen LogP contribution in [0.25, 0.3) is 0 Å². The van der Waals surface area contributed by atoms with Crippen LogP contribution in [-0.4, -0.2) is 54.2 Å². The van der Waals surface area contributed by atoms with E-state index in [2.05, 4.69) is 10.1 Å². The Labute approximate surface area is 79.6 Å². The van der Waals surface area contributed by atoms with Crippen LogP contribution in [0.2, 0.25) is 0 Å². The molecule has 0 saturated carbocycles. The molecule has 0 radical (unpaired) electrons. The van der Waals surface area contributed by atoms with Gasteiger partial charge in [-0.3, -0.25) is 4.79 Å². The Hall–Kier alpha value is -1.63. The van der Waals surface area contributed by atoms with Crippen LogP contribution in [-0.2, 0) is 14.3 Å². The highest BCUT2D eigenvalue weighted by molar-refractivity contribution is 6.04. The third kappa shape index (κ3) is 1.82. The molecule has 7 nitrogen and oxygen atoms in total. The lowest BCUT2D eigenvalue weighted by molar-refractivity contribution is -0.148. The first-order valence-corrected chi connectivity index (χ1v) is 3.89. The van der Waals surface area contributed by atoms with E-state index in [4.69, 9.17) is 5.11 Å². The lowest BCUT2D eigenvalue weighted by Gasteiger charge is -2.20. The molecule has 1 aliphatic rings. The van der Waals surface area contributed by atoms with Gasteiger partial charge in [0, 0.05) is 7.11 Å². The minimum Gasteiger partial charge on any atom is -0.480 e. The van der Waals surface area contributed by atoms with Gasteiger partial charge in [0.05, 0.1) is 13.2 Å². The molecule has 1 aliphatic heterocycles. The highest BCUT2D eigenvalue weighted by Crippen LogP contribution is 2.06. The number of imide groups is 1. The molecule has 1 rings (SSSR count). The molecule has 3 amide bonds. The molecule has 1 unspecified atom stereocenters. The van der Waals surface area contributed by atoms with Gasteiger partial charge in [0.2, 0.25) is 0 Å². The minimum atomic E-state index is -1.27. The van der Waals surface area contributed by atoms with Gasteiger partial charge in [0.25, 0.3) is 5.91 Å². The first kappa shape index (κ1) is 10.5. The van der Waals surface area contributed by atoms with Gasteiger partial charge in [-0.25, -0.2) is 14.5 Å². The summed E-state index contributed by atoms with van der Waals surface area (Å²) in [4.78, 5) is 33.6. The zero-order valence-corrected chi connectivity index (χ0v) is 7.52. The molecular formula is C7H10N2O5. The molecule has 0 aliphatic carbocycles. The number of aliphatic carboxylic acids is 1. The van der Waals surface area contributed by atoms with E-state index in [0.29, 0.717) is 4.90 Å². The van der Waals surface area contributed by atoms with Gasteiger partial charge in [-0.1, -0.05) is 0 Å². The fourth-order valence-electron chi connectivity index (χ4n) is 1.16. The van der Waals surface area contributed by atoms with Crippen molar-refractivity contribution in [1.82, 2.24) is 10.2 Å². The molecule has 1 heterocycles. The van der Waals surface area contributed by atoms with Crippen molar-refractivity contribution in [2.75, 3.05) is 20.3 Å². The summed E-state index contributed by atoms with van der Waals surface area (Å²) in [7, 11) is 1.30. The second kappa shape index (κ2) is 4.05. The van der Waals surface area contributed by atoms with Crippen LogP contribution in [0.4, 0.5) is 4.79 Å². The van der Waals surface area contributed by atoms with Crippen molar-refractivity contribution >= 4 is 17.9 Å². The van der Waals surface area contributed by atoms with Gasteiger partial charge in [0.15, 0.2) is 6.04 Å². The number of nitrogens with one attached hydrogen (secondary N) is 1. The van der Waals surface area contributed by atoms with Crippen molar-refractivity contribution in [1.29, 1.82) is 0 Å². The zero-order chi connectivity index (χ0) is 10.7. The number of carboxylic acid groups (broad SMARTS) is 1. The van der Waals surface area contributed by atoms with Gasteiger partial charge in [0.1, 0.15) is 0 Å². The highest BCUT2D eigenvalue weighted by atomic mass is 16.5. The molecule has 0 aromatic heterocycles. The predicted octanol–water partition coefficient (Wildman–Crippen LogP) is -1.36. The molecular weight excluding hydrogens is 192 g/mol. The maximum absolute atomic E-state index is 11.1. The van der Waals surface area contributed by atoms with Crippen LogP contribution < -0.4 is 5.32 Å². The molecule has 0 spiro atoms. The van der Waals surface area contributed by atoms with Crippen LogP contribution >= 0.6 is 0 Å². The summed E-state index contributed by atoms with van der Waals surface area (Å²) in [5.74, 6) is -1.82. The van der Waals surface area contributed by atoms with Crippen molar-refractivity contribution in [2.45, 2.75) is 6.04 Å². The number of amides is 3. The molecule has 1 saturated heterocycles. The summed E-state index contributed by atoms with van der Waals surface area (Å²) >= 11 is 0. The number of rotatable bonds is 4. The lowest BCUT2D eigenvalue weighted by Crippen LogP contribution is -2.47. The first-order valence-electron chi connectivity index (χ1n) is 3.89. The molecule has 78 valence electrons. The van der Waals surface area contributed by atoms with Crippen molar-refractivity contribution in [3.63, 3.8) is 0 Å². The molecule has 0 aromatic carbocycles. The molecule has 1 atom stereocenters. The third-order valence-electron chi connectivity index (χ3n) is 1.80. The average molecular weight is 202 g/mol. The van der Waals surface area contributed by atoms with E-state index in [1.165, 1.54) is 7.11 Å². The average Bonchev–Trinajstić information content (AvgIpc) is 2.43. The summed E-state index contributed by atoms with van der Waals surface area (Å²) in [6, 6.07) is -1.95. The summed E-state index contributed by atoms with van der Waals surface area (Å²) in [5, 5.41) is 11.0. The maximum atomic E-state index is 11.1. The van der Waals surface area contributed by atoms with Gasteiger partial charge in [-0.15, -0.1) is 0 Å². The monoisotopic (exact) mass is 202 g/mol. The standard InChI is InChI=1S/C7H10N2O5/c1-14-3-4(6(11)12)9-5(10)2-8-7(9)13/h4H,2-3H2,1H3,(H,8,13)(H,11,12). The Morgan fingerprint density at radius 1 is 1.71 bits per heavy atom. The minimum absolute atomic E-state index is 0.160. The summed E-state index contributed by atoms with van der Waals surface area (Å²) in [6.45, 7) is -0.374. The molecule has 0 aromatic rings. The number of hydrogen-bond acceptors (Lipinski definition) is 4. The predicted molar refractivity (Wildman–Crippen MR) is 43.5 cm³/mol. The summed E-state index contributed by atoms with van der Waals surface area (Å²) < 4.78 is 4.62. The topological polar surface area (TPSA) is 95.9 Å². The Kier molecular flexibility index (Phi) is 3.03. The maximum Gasteiger partial charge on any atom is 0.329 e. The Balaban J connectivity index is 2.81. The number of hydrogen-bond donors (Lipinski definition) is 2. The lowest BCUT2D eigenvalue weighted by atomic mass is 10.3. The second-order valence-electron chi connectivity index (χ2n) is 2.73. The number of methoxy groups -OCH3 is 1. The molecule has 7 heteroatoms. The number of carbonyl (C=O) groups is 3. The smallest absolute Gasteiger partial charge is 0.329 e. The second-order valence-corrected chi connectivity index (χ2v) is 2.73. The van der Waals surface area contributed by atoms with Crippen LogP contribution in [0.3, 0.4) is 0 Å². The number of urea groups is 1. The molecule has 1 fully saturated rings. The van der Waals surface area contributed by atoms with Gasteiger partial charge >= 0.3 is 12.0 Å². The summed E-state index contributed by atoms with van der Waals surface area (Å²) in [5.41, 5.74) is 0. The molecule has 2 N–H and O–H groups in total. The Bertz CT molecular complexity index is 261. The van der Waals surface area contributed by atoms with Crippen molar-refractivity contribution in [3.05, 3.63) is 0 Å². The van der Waals surface area contributed by atoms with Crippen molar-refractivity contribution in [2.24, 2.45) is 0 Å². The van der Waals surface area contributed by atoms with Crippen molar-refractivity contribution in [3.8, 4) is 0 Å². The number of ether oxygens (including phenoxy) is 1. The van der Waals surface area contributed by atoms with E-state index in [9.17, 15) is 14.4 Å². The van der Waals surface area contributed by atoms with Crippen molar-refractivity contribution < 1.29 is 24.2 Å².